The second-order valence-electron chi connectivity index (χ2n) is 8.26. The lowest BCUT2D eigenvalue weighted by atomic mass is 10.0. The van der Waals surface area contributed by atoms with Gasteiger partial charge in [0.25, 0.3) is 5.91 Å². The quantitative estimate of drug-likeness (QED) is 0.523. The van der Waals surface area contributed by atoms with Crippen LogP contribution in [0.15, 0.2) is 36.5 Å². The van der Waals surface area contributed by atoms with Crippen LogP contribution in [0.2, 0.25) is 0 Å². The Balaban J connectivity index is 2.09. The van der Waals surface area contributed by atoms with E-state index in [4.69, 9.17) is 18.9 Å². The minimum atomic E-state index is -1.00. The number of rotatable bonds is 10. The number of aromatic nitrogens is 1. The first-order valence-electron chi connectivity index (χ1n) is 11.0. The summed E-state index contributed by atoms with van der Waals surface area (Å²) in [5.74, 6) is -1.34. The molecule has 1 amide bonds. The number of pyridine rings is 1. The van der Waals surface area contributed by atoms with Gasteiger partial charge in [-0.25, -0.2) is 9.78 Å². The molecule has 34 heavy (non-hydrogen) atoms. The number of carbonyl (C=O) groups is 3. The molecule has 9 nitrogen and oxygen atoms in total. The molecule has 0 aliphatic carbocycles. The SMILES string of the molecule is COc1ccnc(C(=O)N[C@@H](C)C(=O)O[C@H](C(C)C)[C@H](C)Oc2ccc(C)cc2)c1OC(C)=O. The number of esters is 2. The Labute approximate surface area is 199 Å². The van der Waals surface area contributed by atoms with Crippen molar-refractivity contribution >= 4 is 17.8 Å². The largest absolute Gasteiger partial charge is 0.493 e. The molecule has 0 fully saturated rings. The van der Waals surface area contributed by atoms with Crippen LogP contribution < -0.4 is 19.5 Å². The highest BCUT2D eigenvalue weighted by Gasteiger charge is 2.30. The number of nitrogens with zero attached hydrogens (tertiary/aromatic N) is 1. The first kappa shape index (κ1) is 26.6. The van der Waals surface area contributed by atoms with E-state index in [1.807, 2.05) is 52.0 Å². The van der Waals surface area contributed by atoms with Crippen LogP contribution in [-0.2, 0) is 14.3 Å². The summed E-state index contributed by atoms with van der Waals surface area (Å²) in [6, 6.07) is 8.04. The van der Waals surface area contributed by atoms with Crippen molar-refractivity contribution in [2.45, 2.75) is 59.8 Å². The number of carbonyl (C=O) groups excluding carboxylic acids is 3. The van der Waals surface area contributed by atoms with Gasteiger partial charge in [-0.1, -0.05) is 31.5 Å². The molecule has 0 aliphatic rings. The average molecular weight is 473 g/mol. The third-order valence-corrected chi connectivity index (χ3v) is 4.97. The molecular weight excluding hydrogens is 440 g/mol. The molecule has 9 heteroatoms. The fourth-order valence-electron chi connectivity index (χ4n) is 3.23. The molecule has 0 aliphatic heterocycles. The third-order valence-electron chi connectivity index (χ3n) is 4.97. The molecule has 0 unspecified atom stereocenters. The van der Waals surface area contributed by atoms with Crippen molar-refractivity contribution in [3.05, 3.63) is 47.8 Å². The molecule has 184 valence electrons. The van der Waals surface area contributed by atoms with Crippen molar-refractivity contribution in [2.24, 2.45) is 5.92 Å². The molecule has 3 atom stereocenters. The van der Waals surface area contributed by atoms with Gasteiger partial charge in [-0.2, -0.15) is 0 Å². The van der Waals surface area contributed by atoms with E-state index in [1.54, 1.807) is 0 Å². The normalized spacial score (nSPS) is 13.4. The van der Waals surface area contributed by atoms with E-state index < -0.39 is 36.1 Å². The highest BCUT2D eigenvalue weighted by molar-refractivity contribution is 5.98. The molecule has 1 aromatic carbocycles. The number of ether oxygens (including phenoxy) is 4. The zero-order chi connectivity index (χ0) is 25.4. The van der Waals surface area contributed by atoms with Crippen LogP contribution in [0.5, 0.6) is 17.2 Å². The van der Waals surface area contributed by atoms with Gasteiger partial charge in [0.05, 0.1) is 7.11 Å². The molecule has 0 bridgehead atoms. The minimum Gasteiger partial charge on any atom is -0.493 e. The number of nitrogens with one attached hydrogen (secondary N) is 1. The molecule has 2 rings (SSSR count). The summed E-state index contributed by atoms with van der Waals surface area (Å²) in [6.07, 6.45) is 0.354. The second-order valence-corrected chi connectivity index (χ2v) is 8.26. The fraction of sp³-hybridized carbons (Fsp3) is 0.440. The monoisotopic (exact) mass is 472 g/mol. The summed E-state index contributed by atoms with van der Waals surface area (Å²) >= 11 is 0. The van der Waals surface area contributed by atoms with Gasteiger partial charge in [-0.3, -0.25) is 9.59 Å². The topological polar surface area (TPSA) is 113 Å². The molecule has 0 spiro atoms. The van der Waals surface area contributed by atoms with Crippen molar-refractivity contribution < 1.29 is 33.3 Å². The Kier molecular flexibility index (Phi) is 9.41. The van der Waals surface area contributed by atoms with Crippen LogP contribution in [0, 0.1) is 12.8 Å². The van der Waals surface area contributed by atoms with E-state index in [-0.39, 0.29) is 23.1 Å². The van der Waals surface area contributed by atoms with Crippen LogP contribution in [0.1, 0.15) is 50.7 Å². The number of hydrogen-bond donors (Lipinski definition) is 1. The predicted molar refractivity (Wildman–Crippen MR) is 125 cm³/mol. The fourth-order valence-corrected chi connectivity index (χ4v) is 3.23. The molecule has 2 aromatic rings. The highest BCUT2D eigenvalue weighted by atomic mass is 16.6. The summed E-state index contributed by atoms with van der Waals surface area (Å²) in [5, 5.41) is 2.54. The van der Waals surface area contributed by atoms with Crippen molar-refractivity contribution in [3.8, 4) is 17.2 Å². The van der Waals surface area contributed by atoms with Gasteiger partial charge in [-0.05, 0) is 38.8 Å². The van der Waals surface area contributed by atoms with E-state index in [2.05, 4.69) is 10.3 Å². The number of aryl methyl sites for hydroxylation is 1. The van der Waals surface area contributed by atoms with Gasteiger partial charge < -0.3 is 24.3 Å². The summed E-state index contributed by atoms with van der Waals surface area (Å²) in [7, 11) is 1.37. The van der Waals surface area contributed by atoms with E-state index in [0.717, 1.165) is 5.56 Å². The maximum absolute atomic E-state index is 12.8. The Morgan fingerprint density at radius 2 is 1.65 bits per heavy atom. The summed E-state index contributed by atoms with van der Waals surface area (Å²) in [4.78, 5) is 41.0. The smallest absolute Gasteiger partial charge is 0.328 e. The van der Waals surface area contributed by atoms with Gasteiger partial charge >= 0.3 is 11.9 Å². The summed E-state index contributed by atoms with van der Waals surface area (Å²) < 4.78 is 21.9. The zero-order valence-electron chi connectivity index (χ0n) is 20.6. The van der Waals surface area contributed by atoms with Gasteiger partial charge in [0.2, 0.25) is 5.75 Å². The van der Waals surface area contributed by atoms with E-state index >= 15 is 0 Å². The molecule has 0 saturated heterocycles. The van der Waals surface area contributed by atoms with Gasteiger partial charge in [0.1, 0.15) is 24.0 Å². The van der Waals surface area contributed by atoms with E-state index in [0.29, 0.717) is 5.75 Å². The summed E-state index contributed by atoms with van der Waals surface area (Å²) in [6.45, 7) is 10.3. The van der Waals surface area contributed by atoms with E-state index in [9.17, 15) is 14.4 Å². The molecule has 1 heterocycles. The van der Waals surface area contributed by atoms with Gasteiger partial charge in [0, 0.05) is 19.2 Å². The van der Waals surface area contributed by atoms with Crippen LogP contribution in [0.3, 0.4) is 0 Å². The van der Waals surface area contributed by atoms with Crippen LogP contribution in [0.25, 0.3) is 0 Å². The molecule has 0 radical (unpaired) electrons. The molecular formula is C25H32N2O7. The minimum absolute atomic E-state index is 0.0390. The zero-order valence-corrected chi connectivity index (χ0v) is 20.6. The lowest BCUT2D eigenvalue weighted by Crippen LogP contribution is -2.45. The summed E-state index contributed by atoms with van der Waals surface area (Å²) in [5.41, 5.74) is 0.921. The molecule has 0 saturated carbocycles. The van der Waals surface area contributed by atoms with Crippen molar-refractivity contribution in [1.82, 2.24) is 10.3 Å². The second kappa shape index (κ2) is 12.0. The Bertz CT molecular complexity index is 1000. The average Bonchev–Trinajstić information content (AvgIpc) is 2.78. The van der Waals surface area contributed by atoms with E-state index in [1.165, 1.54) is 33.2 Å². The number of hydrogen-bond acceptors (Lipinski definition) is 8. The highest BCUT2D eigenvalue weighted by Crippen LogP contribution is 2.29. The van der Waals surface area contributed by atoms with Crippen molar-refractivity contribution in [3.63, 3.8) is 0 Å². The van der Waals surface area contributed by atoms with Crippen molar-refractivity contribution in [1.29, 1.82) is 0 Å². The number of methoxy groups -OCH3 is 1. The first-order valence-corrected chi connectivity index (χ1v) is 11.0. The van der Waals surface area contributed by atoms with Gasteiger partial charge in [-0.15, -0.1) is 0 Å². The Hall–Kier alpha value is -3.62. The predicted octanol–water partition coefficient (Wildman–Crippen LogP) is 3.48. The third kappa shape index (κ3) is 7.19. The van der Waals surface area contributed by atoms with Gasteiger partial charge in [0.15, 0.2) is 11.4 Å². The van der Waals surface area contributed by atoms with Crippen LogP contribution in [0.4, 0.5) is 0 Å². The van der Waals surface area contributed by atoms with Crippen LogP contribution >= 0.6 is 0 Å². The van der Waals surface area contributed by atoms with Crippen molar-refractivity contribution in [2.75, 3.05) is 7.11 Å². The standard InChI is InChI=1S/C25H32N2O7/c1-14(2)22(17(5)32-19-10-8-15(3)9-11-19)34-25(30)16(4)27-24(29)21-23(33-18(6)28)20(31-7)12-13-26-21/h8-14,16-17,22H,1-7H3,(H,27,29)/t16-,17-,22+/m0/s1. The molecule has 1 N–H and O–H groups in total. The number of benzene rings is 1. The number of amides is 1. The maximum atomic E-state index is 12.8. The maximum Gasteiger partial charge on any atom is 0.328 e. The Morgan fingerprint density at radius 3 is 2.21 bits per heavy atom. The molecule has 1 aromatic heterocycles. The Morgan fingerprint density at radius 1 is 1.00 bits per heavy atom. The lowest BCUT2D eigenvalue weighted by Gasteiger charge is -2.29. The lowest BCUT2D eigenvalue weighted by molar-refractivity contribution is -0.158. The first-order chi connectivity index (χ1) is 16.0. The van der Waals surface area contributed by atoms with Crippen LogP contribution in [-0.4, -0.2) is 48.2 Å².